The maximum Gasteiger partial charge on any atom is 0.472 e. The zero-order chi connectivity index (χ0) is 29.8. The summed E-state index contributed by atoms with van der Waals surface area (Å²) in [7, 11) is -5.73. The molecule has 4 unspecified atom stereocenters. The van der Waals surface area contributed by atoms with Gasteiger partial charge in [-0.25, -0.2) is 4.57 Å². The van der Waals surface area contributed by atoms with Gasteiger partial charge in [-0.2, -0.15) is 0 Å². The largest absolute Gasteiger partial charge is 0.472 e. The second-order valence-corrected chi connectivity index (χ2v) is 15.9. The summed E-state index contributed by atoms with van der Waals surface area (Å²) < 4.78 is 76.2. The summed E-state index contributed by atoms with van der Waals surface area (Å²) >= 11 is 0. The van der Waals surface area contributed by atoms with Crippen LogP contribution in [0.15, 0.2) is 0 Å². The SMILES string of the molecule is COCCO[C@H]1C(OC(C)(C)C)[C@@H](COP(=O)(O)OC2[C@@H](COP(=O)(O)C(C)(C)C)O[C@@H](C)[C@H]2OC)O[C@H]1C. The molecule has 0 spiro atoms. The van der Waals surface area contributed by atoms with Gasteiger partial charge in [0.15, 0.2) is 0 Å². The van der Waals surface area contributed by atoms with Gasteiger partial charge in [-0.3, -0.25) is 13.6 Å². The van der Waals surface area contributed by atoms with E-state index in [2.05, 4.69) is 0 Å². The molecule has 13 nitrogen and oxygen atoms in total. The van der Waals surface area contributed by atoms with E-state index in [1.54, 1.807) is 34.8 Å². The van der Waals surface area contributed by atoms with Crippen molar-refractivity contribution in [1.29, 1.82) is 0 Å². The Morgan fingerprint density at radius 3 is 1.82 bits per heavy atom. The number of hydrogen-bond acceptors (Lipinski definition) is 11. The van der Waals surface area contributed by atoms with Gasteiger partial charge in [0.05, 0.1) is 49.4 Å². The first-order valence-corrected chi connectivity index (χ1v) is 16.1. The van der Waals surface area contributed by atoms with Crippen LogP contribution in [0.4, 0.5) is 0 Å². The van der Waals surface area contributed by atoms with Crippen LogP contribution in [0.3, 0.4) is 0 Å². The molecule has 0 aromatic rings. The Morgan fingerprint density at radius 1 is 0.769 bits per heavy atom. The number of hydrogen-bond donors (Lipinski definition) is 2. The standard InChI is InChI=1S/C24H48O13P2/c1-15-19(30-10)22(18(34-15)13-32-38(25,26)24(6,7)8)37-39(27,28)33-14-17-21(36-23(3,4)5)20(16(2)35-17)31-12-11-29-9/h15-22H,11-14H2,1-10H3,(H,25,26)(H,27,28)/t15-,16-,17+,18+,19+,20+,21?,22?/m0/s1. The molecule has 2 heterocycles. The molecule has 0 aliphatic carbocycles. The van der Waals surface area contributed by atoms with Gasteiger partial charge in [0.1, 0.15) is 36.6 Å². The quantitative estimate of drug-likeness (QED) is 0.219. The third kappa shape index (κ3) is 10.1. The highest BCUT2D eigenvalue weighted by molar-refractivity contribution is 7.54. The molecule has 2 aliphatic heterocycles. The molecule has 0 bridgehead atoms. The molecule has 10 atom stereocenters. The smallest absolute Gasteiger partial charge is 0.382 e. The fourth-order valence-electron chi connectivity index (χ4n) is 4.31. The minimum absolute atomic E-state index is 0.319. The average Bonchev–Trinajstić information content (AvgIpc) is 3.24. The number of methoxy groups -OCH3 is 2. The molecule has 0 aromatic carbocycles. The molecule has 2 fully saturated rings. The lowest BCUT2D eigenvalue weighted by atomic mass is 10.1. The Hall–Kier alpha value is 0.0200. The lowest BCUT2D eigenvalue weighted by Crippen LogP contribution is -2.43. The first-order valence-electron chi connectivity index (χ1n) is 13.1. The molecule has 0 saturated carbocycles. The summed E-state index contributed by atoms with van der Waals surface area (Å²) in [5, 5.41) is -1.03. The molecule has 39 heavy (non-hydrogen) atoms. The normalized spacial score (nSPS) is 35.2. The average molecular weight is 607 g/mol. The van der Waals surface area contributed by atoms with Crippen molar-refractivity contribution in [3.05, 3.63) is 0 Å². The van der Waals surface area contributed by atoms with Gasteiger partial charge in [-0.1, -0.05) is 0 Å². The van der Waals surface area contributed by atoms with Crippen LogP contribution in [0.1, 0.15) is 55.4 Å². The minimum Gasteiger partial charge on any atom is -0.382 e. The summed E-state index contributed by atoms with van der Waals surface area (Å²) in [4.78, 5) is 20.9. The van der Waals surface area contributed by atoms with Crippen molar-refractivity contribution in [2.24, 2.45) is 0 Å². The molecule has 15 heteroatoms. The Morgan fingerprint density at radius 2 is 1.31 bits per heavy atom. The lowest BCUT2D eigenvalue weighted by Gasteiger charge is -2.31. The van der Waals surface area contributed by atoms with Crippen LogP contribution < -0.4 is 0 Å². The van der Waals surface area contributed by atoms with E-state index in [1.807, 2.05) is 27.7 Å². The van der Waals surface area contributed by atoms with Crippen molar-refractivity contribution in [2.75, 3.05) is 40.6 Å². The van der Waals surface area contributed by atoms with Gasteiger partial charge in [0.2, 0.25) is 0 Å². The topological polar surface area (TPSA) is 158 Å². The van der Waals surface area contributed by atoms with Crippen molar-refractivity contribution < 1.29 is 60.9 Å². The van der Waals surface area contributed by atoms with Crippen molar-refractivity contribution in [1.82, 2.24) is 0 Å². The van der Waals surface area contributed by atoms with Crippen molar-refractivity contribution in [2.45, 2.75) is 115 Å². The molecule has 232 valence electrons. The predicted molar refractivity (Wildman–Crippen MR) is 142 cm³/mol. The van der Waals surface area contributed by atoms with Crippen LogP contribution in [0, 0.1) is 0 Å². The summed E-state index contributed by atoms with van der Waals surface area (Å²) in [5.74, 6) is 0. The Labute approximate surface area is 232 Å². The van der Waals surface area contributed by atoms with E-state index in [0.717, 1.165) is 0 Å². The second-order valence-electron chi connectivity index (χ2n) is 11.8. The predicted octanol–water partition coefficient (Wildman–Crippen LogP) is 3.29. The molecule has 2 N–H and O–H groups in total. The number of rotatable bonds is 14. The van der Waals surface area contributed by atoms with Crippen LogP contribution in [0.5, 0.6) is 0 Å². The maximum absolute atomic E-state index is 13.1. The van der Waals surface area contributed by atoms with Crippen LogP contribution in [0.2, 0.25) is 0 Å². The number of ether oxygens (including phenoxy) is 6. The monoisotopic (exact) mass is 606 g/mol. The Kier molecular flexibility index (Phi) is 12.6. The fourth-order valence-corrected chi connectivity index (χ4v) is 6.01. The van der Waals surface area contributed by atoms with Crippen molar-refractivity contribution in [3.8, 4) is 0 Å². The third-order valence-corrected chi connectivity index (χ3v) is 9.54. The molecule has 0 aromatic heterocycles. The van der Waals surface area contributed by atoms with Gasteiger partial charge in [0.25, 0.3) is 0 Å². The molecule has 2 rings (SSSR count). The maximum atomic E-state index is 13.1. The molecular formula is C24H48O13P2. The van der Waals surface area contributed by atoms with Gasteiger partial charge >= 0.3 is 15.4 Å². The Bertz CT molecular complexity index is 858. The molecular weight excluding hydrogens is 558 g/mol. The van der Waals surface area contributed by atoms with E-state index in [4.69, 9.17) is 42.0 Å². The van der Waals surface area contributed by atoms with E-state index in [9.17, 15) is 18.9 Å². The van der Waals surface area contributed by atoms with E-state index >= 15 is 0 Å². The number of phosphoric ester groups is 1. The highest BCUT2D eigenvalue weighted by atomic mass is 31.2. The van der Waals surface area contributed by atoms with Crippen molar-refractivity contribution in [3.63, 3.8) is 0 Å². The summed E-state index contributed by atoms with van der Waals surface area (Å²) in [6, 6.07) is 0. The molecule has 2 saturated heterocycles. The second kappa shape index (κ2) is 14.0. The highest BCUT2D eigenvalue weighted by Gasteiger charge is 2.50. The van der Waals surface area contributed by atoms with E-state index in [-0.39, 0.29) is 19.3 Å². The van der Waals surface area contributed by atoms with Crippen molar-refractivity contribution >= 4 is 15.4 Å². The van der Waals surface area contributed by atoms with E-state index in [1.165, 1.54) is 7.11 Å². The third-order valence-electron chi connectivity index (χ3n) is 6.36. The van der Waals surface area contributed by atoms with Crippen LogP contribution in [0.25, 0.3) is 0 Å². The number of phosphoric acid groups is 1. The van der Waals surface area contributed by atoms with Gasteiger partial charge in [-0.15, -0.1) is 0 Å². The van der Waals surface area contributed by atoms with Gasteiger partial charge in [-0.05, 0) is 55.4 Å². The molecule has 2 aliphatic rings. The molecule has 0 radical (unpaired) electrons. The van der Waals surface area contributed by atoms with Gasteiger partial charge in [0, 0.05) is 14.2 Å². The first kappa shape index (κ1) is 35.2. The zero-order valence-corrected chi connectivity index (χ0v) is 26.5. The minimum atomic E-state index is -4.69. The van der Waals surface area contributed by atoms with Crippen LogP contribution >= 0.6 is 15.4 Å². The fraction of sp³-hybridized carbons (Fsp3) is 1.00. The van der Waals surface area contributed by atoms with E-state index < -0.39 is 68.9 Å². The van der Waals surface area contributed by atoms with Crippen LogP contribution in [-0.2, 0) is 51.1 Å². The highest BCUT2D eigenvalue weighted by Crippen LogP contribution is 2.55. The first-order chi connectivity index (χ1) is 17.8. The summed E-state index contributed by atoms with van der Waals surface area (Å²) in [6.07, 6.45) is -5.51. The molecule has 0 amide bonds. The van der Waals surface area contributed by atoms with E-state index in [0.29, 0.717) is 13.2 Å². The lowest BCUT2D eigenvalue weighted by molar-refractivity contribution is -0.133. The zero-order valence-electron chi connectivity index (χ0n) is 24.7. The van der Waals surface area contributed by atoms with Crippen LogP contribution in [-0.4, -0.2) is 110 Å². The Balaban J connectivity index is 2.11. The van der Waals surface area contributed by atoms with Gasteiger partial charge < -0.3 is 42.7 Å². The summed E-state index contributed by atoms with van der Waals surface area (Å²) in [6.45, 7) is 13.9. The summed E-state index contributed by atoms with van der Waals surface area (Å²) in [5.41, 5.74) is -0.548.